The third-order valence-corrected chi connectivity index (χ3v) is 1.37. The summed E-state index contributed by atoms with van der Waals surface area (Å²) in [5.41, 5.74) is 2.71. The Morgan fingerprint density at radius 1 is 1.18 bits per heavy atom. The molecule has 1 rings (SSSR count). The molecule has 0 unspecified atom stereocenters. The van der Waals surface area contributed by atoms with Crippen LogP contribution in [-0.2, 0) is 21.7 Å². The van der Waals surface area contributed by atoms with Crippen LogP contribution in [0.5, 0.6) is 0 Å². The minimum absolute atomic E-state index is 0. The molecular weight excluding hydrogens is 238 g/mol. The molecule has 0 atom stereocenters. The maximum atomic E-state index is 3.19. The fourth-order valence-corrected chi connectivity index (χ4v) is 0.650. The molecular formula is C7H9Cl3Ti. The molecule has 1 aliphatic carbocycles. The zero-order valence-corrected chi connectivity index (χ0v) is 10.2. The summed E-state index contributed by atoms with van der Waals surface area (Å²) < 4.78 is 0. The van der Waals surface area contributed by atoms with Gasteiger partial charge in [-0.3, -0.25) is 6.08 Å². The fourth-order valence-electron chi connectivity index (χ4n) is 0.650. The van der Waals surface area contributed by atoms with Crippen molar-refractivity contribution < 1.29 is 58.9 Å². The molecule has 0 spiro atoms. The second-order valence-corrected chi connectivity index (χ2v) is 1.89. The Bertz CT molecular complexity index is 125. The molecule has 0 aromatic rings. The van der Waals surface area contributed by atoms with E-state index < -0.39 is 0 Å². The van der Waals surface area contributed by atoms with Crippen LogP contribution in [0.25, 0.3) is 0 Å². The number of rotatable bonds is 0. The van der Waals surface area contributed by atoms with Crippen LogP contribution < -0.4 is 37.2 Å². The van der Waals surface area contributed by atoms with Gasteiger partial charge >= 0.3 is 21.7 Å². The van der Waals surface area contributed by atoms with Crippen LogP contribution in [0, 0.1) is 6.08 Å². The first-order valence-electron chi connectivity index (χ1n) is 2.55. The normalized spacial score (nSPS) is 12.2. The standard InChI is InChI=1S/C7H9.3ClH.Ti/c1-6-4-3-5-7(6)2;;;;/h4H,3H2,1-2H3;3*1H;/q-1;;;;+4/p-3. The van der Waals surface area contributed by atoms with Gasteiger partial charge in [0.05, 0.1) is 0 Å². The Morgan fingerprint density at radius 2 is 1.64 bits per heavy atom. The van der Waals surface area contributed by atoms with Gasteiger partial charge in [-0.1, -0.05) is 6.92 Å². The molecule has 0 N–H and O–H groups in total. The van der Waals surface area contributed by atoms with Crippen molar-refractivity contribution >= 4 is 0 Å². The number of allylic oxidation sites excluding steroid dienone is 4. The molecule has 1 aliphatic rings. The third kappa shape index (κ3) is 7.43. The van der Waals surface area contributed by atoms with Crippen LogP contribution in [0.3, 0.4) is 0 Å². The van der Waals surface area contributed by atoms with E-state index in [4.69, 9.17) is 0 Å². The van der Waals surface area contributed by atoms with E-state index in [0.29, 0.717) is 0 Å². The number of hydrogen-bond donors (Lipinski definition) is 0. The molecule has 0 fully saturated rings. The van der Waals surface area contributed by atoms with Gasteiger partial charge in [0.25, 0.3) is 0 Å². The van der Waals surface area contributed by atoms with Crippen LogP contribution >= 0.6 is 0 Å². The summed E-state index contributed by atoms with van der Waals surface area (Å²) in [6.07, 6.45) is 6.41. The second kappa shape index (κ2) is 11.1. The molecule has 0 aromatic carbocycles. The van der Waals surface area contributed by atoms with E-state index in [2.05, 4.69) is 26.0 Å². The van der Waals surface area contributed by atoms with Gasteiger partial charge in [0.1, 0.15) is 0 Å². The predicted octanol–water partition coefficient (Wildman–Crippen LogP) is -6.90. The van der Waals surface area contributed by atoms with E-state index in [1.54, 1.807) is 0 Å². The van der Waals surface area contributed by atoms with Crippen LogP contribution in [0.1, 0.15) is 20.3 Å². The number of halogens is 3. The Labute approximate surface area is 102 Å². The Hall–Kier alpha value is 1.06. The van der Waals surface area contributed by atoms with Gasteiger partial charge in [-0.15, -0.1) is 13.3 Å². The van der Waals surface area contributed by atoms with E-state index >= 15 is 0 Å². The largest absolute Gasteiger partial charge is 4.00 e. The quantitative estimate of drug-likeness (QED) is 0.295. The zero-order valence-electron chi connectivity index (χ0n) is 6.42. The molecule has 11 heavy (non-hydrogen) atoms. The van der Waals surface area contributed by atoms with Gasteiger partial charge in [-0.25, -0.2) is 11.1 Å². The summed E-state index contributed by atoms with van der Waals surface area (Å²) in [6.45, 7) is 4.22. The van der Waals surface area contributed by atoms with Crippen LogP contribution in [0.15, 0.2) is 17.2 Å². The summed E-state index contributed by atoms with van der Waals surface area (Å²) in [7, 11) is 0. The maximum absolute atomic E-state index is 3.19. The van der Waals surface area contributed by atoms with E-state index in [1.165, 1.54) is 11.1 Å². The first kappa shape index (κ1) is 22.7. The van der Waals surface area contributed by atoms with Gasteiger partial charge in [0.15, 0.2) is 0 Å². The SMILES string of the molecule is CC1=[C-]CC=C1C.[Cl-].[Cl-].[Cl-].[Ti+4]. The van der Waals surface area contributed by atoms with Crippen molar-refractivity contribution in [3.63, 3.8) is 0 Å². The van der Waals surface area contributed by atoms with Crippen molar-refractivity contribution in [3.8, 4) is 0 Å². The van der Waals surface area contributed by atoms with Crippen LogP contribution in [0.4, 0.5) is 0 Å². The van der Waals surface area contributed by atoms with Crippen molar-refractivity contribution in [1.82, 2.24) is 0 Å². The van der Waals surface area contributed by atoms with E-state index in [1.807, 2.05) is 0 Å². The van der Waals surface area contributed by atoms with E-state index in [9.17, 15) is 0 Å². The minimum atomic E-state index is 0. The Kier molecular flexibility index (Phi) is 22.8. The van der Waals surface area contributed by atoms with Gasteiger partial charge in [0, 0.05) is 0 Å². The average molecular weight is 247 g/mol. The van der Waals surface area contributed by atoms with Crippen molar-refractivity contribution in [2.45, 2.75) is 20.3 Å². The molecule has 0 saturated heterocycles. The van der Waals surface area contributed by atoms with Gasteiger partial charge < -0.3 is 37.2 Å². The monoisotopic (exact) mass is 246 g/mol. The Balaban J connectivity index is -0.0000000612. The zero-order chi connectivity index (χ0) is 5.28. The molecule has 0 aliphatic heterocycles. The first-order valence-corrected chi connectivity index (χ1v) is 2.55. The maximum Gasteiger partial charge on any atom is 4.00 e. The molecule has 4 heteroatoms. The summed E-state index contributed by atoms with van der Waals surface area (Å²) in [5, 5.41) is 0. The minimum Gasteiger partial charge on any atom is -1.00 e. The third-order valence-electron chi connectivity index (χ3n) is 1.37. The smallest absolute Gasteiger partial charge is 1.00 e. The van der Waals surface area contributed by atoms with Crippen molar-refractivity contribution in [2.75, 3.05) is 0 Å². The fraction of sp³-hybridized carbons (Fsp3) is 0.429. The summed E-state index contributed by atoms with van der Waals surface area (Å²) >= 11 is 0. The molecule has 0 aromatic heterocycles. The van der Waals surface area contributed by atoms with Crippen molar-refractivity contribution in [1.29, 1.82) is 0 Å². The van der Waals surface area contributed by atoms with Gasteiger partial charge in [-0.2, -0.15) is 6.08 Å². The molecule has 0 heterocycles. The summed E-state index contributed by atoms with van der Waals surface area (Å²) in [5.74, 6) is 0. The molecule has 0 radical (unpaired) electrons. The van der Waals surface area contributed by atoms with Gasteiger partial charge in [-0.05, 0) is 0 Å². The second-order valence-electron chi connectivity index (χ2n) is 1.89. The van der Waals surface area contributed by atoms with E-state index in [0.717, 1.165) is 6.42 Å². The molecule has 0 amide bonds. The predicted molar refractivity (Wildman–Crippen MR) is 30.8 cm³/mol. The summed E-state index contributed by atoms with van der Waals surface area (Å²) in [4.78, 5) is 0. The van der Waals surface area contributed by atoms with Crippen molar-refractivity contribution in [2.24, 2.45) is 0 Å². The molecule has 0 saturated carbocycles. The summed E-state index contributed by atoms with van der Waals surface area (Å²) in [6, 6.07) is 0. The van der Waals surface area contributed by atoms with E-state index in [-0.39, 0.29) is 58.9 Å². The topological polar surface area (TPSA) is 0 Å². The molecule has 0 bridgehead atoms. The van der Waals surface area contributed by atoms with Gasteiger partial charge in [0.2, 0.25) is 0 Å². The Morgan fingerprint density at radius 3 is 1.73 bits per heavy atom. The molecule has 62 valence electrons. The van der Waals surface area contributed by atoms with Crippen molar-refractivity contribution in [3.05, 3.63) is 23.3 Å². The number of hydrogen-bond acceptors (Lipinski definition) is 0. The molecule has 0 nitrogen and oxygen atoms in total. The van der Waals surface area contributed by atoms with Crippen LogP contribution in [-0.4, -0.2) is 0 Å². The first-order chi connectivity index (χ1) is 3.30. The average Bonchev–Trinajstić information content (AvgIpc) is 1.91. The van der Waals surface area contributed by atoms with Crippen LogP contribution in [0.2, 0.25) is 0 Å².